The van der Waals surface area contributed by atoms with E-state index < -0.39 is 0 Å². The van der Waals surface area contributed by atoms with Crippen LogP contribution >= 0.6 is 0 Å². The topological polar surface area (TPSA) is 92.4 Å². The number of amides is 2. The Kier molecular flexibility index (Phi) is 3.41. The monoisotopic (exact) mass is 323 g/mol. The number of hydrogen-bond acceptors (Lipinski definition) is 6. The molecule has 0 bridgehead atoms. The average Bonchev–Trinajstić information content (AvgIpc) is 2.88. The molecule has 7 heteroatoms. The Morgan fingerprint density at radius 1 is 1.08 bits per heavy atom. The Morgan fingerprint density at radius 2 is 1.88 bits per heavy atom. The molecule has 1 aromatic heterocycles. The van der Waals surface area contributed by atoms with Gasteiger partial charge in [0.05, 0.1) is 17.2 Å². The number of nitrogen functional groups attached to an aromatic ring is 1. The first-order valence-electron chi connectivity index (χ1n) is 7.95. The molecule has 0 unspecified atom stereocenters. The van der Waals surface area contributed by atoms with Gasteiger partial charge >= 0.3 is 0 Å². The molecule has 2 amide bonds. The van der Waals surface area contributed by atoms with Crippen molar-refractivity contribution in [3.8, 4) is 0 Å². The van der Waals surface area contributed by atoms with Crippen LogP contribution in [0.5, 0.6) is 0 Å². The minimum atomic E-state index is -0.297. The highest BCUT2D eigenvalue weighted by atomic mass is 16.2. The van der Waals surface area contributed by atoms with Gasteiger partial charge in [0.2, 0.25) is 5.95 Å². The molecular weight excluding hydrogens is 306 g/mol. The van der Waals surface area contributed by atoms with Crippen LogP contribution in [0.15, 0.2) is 36.7 Å². The van der Waals surface area contributed by atoms with Crippen LogP contribution in [0.3, 0.4) is 0 Å². The van der Waals surface area contributed by atoms with Crippen molar-refractivity contribution in [2.24, 2.45) is 0 Å². The fraction of sp³-hybridized carbons (Fsp3) is 0.294. The van der Waals surface area contributed by atoms with Gasteiger partial charge in [-0.15, -0.1) is 0 Å². The molecule has 4 rings (SSSR count). The fourth-order valence-corrected chi connectivity index (χ4v) is 3.46. The lowest BCUT2D eigenvalue weighted by Crippen LogP contribution is -2.50. The molecule has 1 fully saturated rings. The molecule has 0 saturated carbocycles. The van der Waals surface area contributed by atoms with E-state index in [4.69, 9.17) is 5.73 Å². The van der Waals surface area contributed by atoms with Gasteiger partial charge in [-0.3, -0.25) is 14.5 Å². The third-order valence-corrected chi connectivity index (χ3v) is 4.58. The molecule has 2 aliphatic heterocycles. The summed E-state index contributed by atoms with van der Waals surface area (Å²) in [5.41, 5.74) is 6.98. The van der Waals surface area contributed by atoms with Crippen LogP contribution in [-0.2, 0) is 0 Å². The molecule has 0 radical (unpaired) electrons. The average molecular weight is 323 g/mol. The van der Waals surface area contributed by atoms with E-state index in [0.717, 1.165) is 19.4 Å². The van der Waals surface area contributed by atoms with Crippen LogP contribution in [0.1, 0.15) is 33.6 Å². The van der Waals surface area contributed by atoms with Crippen LogP contribution in [0.2, 0.25) is 0 Å². The van der Waals surface area contributed by atoms with Gasteiger partial charge in [0, 0.05) is 31.2 Å². The molecule has 1 atom stereocenters. The van der Waals surface area contributed by atoms with Crippen LogP contribution in [0.4, 0.5) is 11.6 Å². The summed E-state index contributed by atoms with van der Waals surface area (Å²) in [6.07, 6.45) is 5.02. The molecule has 122 valence electrons. The molecule has 0 spiro atoms. The first-order valence-corrected chi connectivity index (χ1v) is 7.95. The third kappa shape index (κ3) is 2.20. The molecule has 2 aliphatic rings. The van der Waals surface area contributed by atoms with E-state index in [1.165, 1.54) is 4.90 Å². The van der Waals surface area contributed by atoms with E-state index in [-0.39, 0.29) is 17.9 Å². The number of carbonyl (C=O) groups excluding carboxylic acids is 2. The number of hydrogen-bond donors (Lipinski definition) is 1. The van der Waals surface area contributed by atoms with Crippen molar-refractivity contribution in [1.82, 2.24) is 14.9 Å². The van der Waals surface area contributed by atoms with Gasteiger partial charge < -0.3 is 10.6 Å². The molecule has 24 heavy (non-hydrogen) atoms. The number of piperidine rings is 1. The molecule has 2 aromatic rings. The van der Waals surface area contributed by atoms with Gasteiger partial charge in [0.15, 0.2) is 0 Å². The van der Waals surface area contributed by atoms with Crippen molar-refractivity contribution in [3.05, 3.63) is 47.8 Å². The predicted octanol–water partition coefficient (Wildman–Crippen LogP) is 1.32. The first-order chi connectivity index (χ1) is 11.7. The van der Waals surface area contributed by atoms with Crippen LogP contribution < -0.4 is 10.6 Å². The second kappa shape index (κ2) is 5.59. The zero-order chi connectivity index (χ0) is 16.7. The normalized spacial score (nSPS) is 20.4. The van der Waals surface area contributed by atoms with Crippen molar-refractivity contribution in [2.75, 3.05) is 23.7 Å². The molecule has 7 nitrogen and oxygen atoms in total. The van der Waals surface area contributed by atoms with Crippen molar-refractivity contribution in [2.45, 2.75) is 18.9 Å². The maximum atomic E-state index is 12.7. The van der Waals surface area contributed by atoms with E-state index in [1.54, 1.807) is 36.7 Å². The zero-order valence-electron chi connectivity index (χ0n) is 13.1. The molecule has 1 saturated heterocycles. The molecular formula is C17H17N5O2. The summed E-state index contributed by atoms with van der Waals surface area (Å²) in [6, 6.07) is 6.58. The number of benzene rings is 1. The Morgan fingerprint density at radius 3 is 2.62 bits per heavy atom. The highest BCUT2D eigenvalue weighted by Crippen LogP contribution is 2.31. The minimum Gasteiger partial charge on any atom is -0.398 e. The summed E-state index contributed by atoms with van der Waals surface area (Å²) in [6.45, 7) is 1.35. The minimum absolute atomic E-state index is 0.200. The quantitative estimate of drug-likeness (QED) is 0.662. The Balaban J connectivity index is 1.62. The summed E-state index contributed by atoms with van der Waals surface area (Å²) in [5, 5.41) is 0. The number of imide groups is 1. The summed E-state index contributed by atoms with van der Waals surface area (Å²) in [5.74, 6) is 0.0652. The standard InChI is InChI=1S/C17H17N5O2/c18-13-6-1-5-12-14(13)16(24)22(15(12)23)11-4-2-9-21(10-11)17-19-7-3-8-20-17/h1,3,5-8,11H,2,4,9-10,18H2/t11-/m1/s1. The number of anilines is 2. The van der Waals surface area contributed by atoms with Crippen LogP contribution in [-0.4, -0.2) is 45.8 Å². The SMILES string of the molecule is Nc1cccc2c1C(=O)N([C@@H]1CCCN(c3ncccn3)C1)C2=O. The van der Waals surface area contributed by atoms with Crippen molar-refractivity contribution < 1.29 is 9.59 Å². The highest BCUT2D eigenvalue weighted by Gasteiger charge is 2.42. The number of nitrogens with two attached hydrogens (primary N) is 1. The zero-order valence-corrected chi connectivity index (χ0v) is 13.1. The van der Waals surface area contributed by atoms with E-state index in [1.807, 2.05) is 4.90 Å². The van der Waals surface area contributed by atoms with Gasteiger partial charge in [0.25, 0.3) is 11.8 Å². The van der Waals surface area contributed by atoms with Crippen molar-refractivity contribution in [1.29, 1.82) is 0 Å². The highest BCUT2D eigenvalue weighted by molar-refractivity contribution is 6.23. The summed E-state index contributed by atoms with van der Waals surface area (Å²) in [7, 11) is 0. The van der Waals surface area contributed by atoms with E-state index in [2.05, 4.69) is 9.97 Å². The Bertz CT molecular complexity index is 808. The maximum Gasteiger partial charge on any atom is 0.263 e. The lowest BCUT2D eigenvalue weighted by molar-refractivity contribution is 0.0570. The van der Waals surface area contributed by atoms with Crippen LogP contribution in [0.25, 0.3) is 0 Å². The lowest BCUT2D eigenvalue weighted by atomic mass is 10.0. The van der Waals surface area contributed by atoms with E-state index in [9.17, 15) is 9.59 Å². The number of nitrogens with zero attached hydrogens (tertiary/aromatic N) is 4. The number of rotatable bonds is 2. The Hall–Kier alpha value is -2.96. The number of aromatic nitrogens is 2. The van der Waals surface area contributed by atoms with E-state index in [0.29, 0.717) is 29.3 Å². The van der Waals surface area contributed by atoms with Crippen molar-refractivity contribution >= 4 is 23.5 Å². The Labute approximate surface area is 139 Å². The maximum absolute atomic E-state index is 12.7. The largest absolute Gasteiger partial charge is 0.398 e. The summed E-state index contributed by atoms with van der Waals surface area (Å²) >= 11 is 0. The first kappa shape index (κ1) is 14.6. The van der Waals surface area contributed by atoms with Crippen LogP contribution in [0, 0.1) is 0 Å². The van der Waals surface area contributed by atoms with Gasteiger partial charge in [0.1, 0.15) is 0 Å². The fourth-order valence-electron chi connectivity index (χ4n) is 3.46. The van der Waals surface area contributed by atoms with Gasteiger partial charge in [-0.25, -0.2) is 9.97 Å². The number of fused-ring (bicyclic) bond motifs is 1. The third-order valence-electron chi connectivity index (χ3n) is 4.58. The second-order valence-electron chi connectivity index (χ2n) is 6.04. The predicted molar refractivity (Wildman–Crippen MR) is 88.6 cm³/mol. The van der Waals surface area contributed by atoms with Gasteiger partial charge in [-0.2, -0.15) is 0 Å². The molecule has 3 heterocycles. The van der Waals surface area contributed by atoms with Gasteiger partial charge in [-0.05, 0) is 31.0 Å². The van der Waals surface area contributed by atoms with Gasteiger partial charge in [-0.1, -0.05) is 6.07 Å². The summed E-state index contributed by atoms with van der Waals surface area (Å²) in [4.78, 5) is 37.3. The summed E-state index contributed by atoms with van der Waals surface area (Å²) < 4.78 is 0. The molecule has 0 aliphatic carbocycles. The molecule has 2 N–H and O–H groups in total. The molecule has 1 aromatic carbocycles. The van der Waals surface area contributed by atoms with Crippen molar-refractivity contribution in [3.63, 3.8) is 0 Å². The second-order valence-corrected chi connectivity index (χ2v) is 6.04. The smallest absolute Gasteiger partial charge is 0.263 e. The lowest BCUT2D eigenvalue weighted by Gasteiger charge is -2.36. The number of carbonyl (C=O) groups is 2. The van der Waals surface area contributed by atoms with E-state index >= 15 is 0 Å².